The fourth-order valence-electron chi connectivity index (χ4n) is 4.22. The molecule has 1 aliphatic heterocycles. The van der Waals surface area contributed by atoms with Crippen LogP contribution in [0.2, 0.25) is 0 Å². The zero-order valence-corrected chi connectivity index (χ0v) is 14.7. The largest absolute Gasteiger partial charge is 0.368 e. The average Bonchev–Trinajstić information content (AvgIpc) is 2.62. The highest BCUT2D eigenvalue weighted by atomic mass is 16.2. The zero-order valence-electron chi connectivity index (χ0n) is 14.7. The quantitative estimate of drug-likeness (QED) is 0.847. The van der Waals surface area contributed by atoms with Gasteiger partial charge in [0.2, 0.25) is 5.91 Å². The van der Waals surface area contributed by atoms with E-state index in [1.807, 2.05) is 0 Å². The van der Waals surface area contributed by atoms with Gasteiger partial charge in [-0.2, -0.15) is 0 Å². The number of rotatable bonds is 3. The van der Waals surface area contributed by atoms with Crippen molar-refractivity contribution in [1.82, 2.24) is 4.90 Å². The van der Waals surface area contributed by atoms with Gasteiger partial charge in [-0.15, -0.1) is 0 Å². The number of aryl methyl sites for hydroxylation is 2. The highest BCUT2D eigenvalue weighted by Gasteiger charge is 2.29. The Balaban J connectivity index is 1.63. The first kappa shape index (κ1) is 16.4. The van der Waals surface area contributed by atoms with E-state index >= 15 is 0 Å². The van der Waals surface area contributed by atoms with Crippen LogP contribution in [0.3, 0.4) is 0 Å². The van der Waals surface area contributed by atoms with Gasteiger partial charge in [0.1, 0.15) is 0 Å². The Morgan fingerprint density at radius 1 is 1.09 bits per heavy atom. The molecule has 1 saturated carbocycles. The minimum absolute atomic E-state index is 0.306. The second-order valence-electron chi connectivity index (χ2n) is 7.08. The summed E-state index contributed by atoms with van der Waals surface area (Å²) in [6, 6.07) is 6.59. The third-order valence-electron chi connectivity index (χ3n) is 5.56. The first-order valence-electron chi connectivity index (χ1n) is 9.33. The van der Waals surface area contributed by atoms with E-state index in [1.54, 1.807) is 0 Å². The molecule has 1 heterocycles. The van der Waals surface area contributed by atoms with Gasteiger partial charge in [0.05, 0.1) is 0 Å². The molecule has 0 spiro atoms. The van der Waals surface area contributed by atoms with E-state index in [-0.39, 0.29) is 0 Å². The van der Waals surface area contributed by atoms with Crippen LogP contribution in [-0.4, -0.2) is 37.0 Å². The number of hydrogen-bond donors (Lipinski definition) is 0. The first-order chi connectivity index (χ1) is 11.2. The van der Waals surface area contributed by atoms with Crippen molar-refractivity contribution in [2.45, 2.75) is 52.4 Å². The molecule has 0 N–H and O–H groups in total. The van der Waals surface area contributed by atoms with Crippen LogP contribution < -0.4 is 4.90 Å². The lowest BCUT2D eigenvalue weighted by Gasteiger charge is -2.39. The van der Waals surface area contributed by atoms with Gasteiger partial charge >= 0.3 is 0 Å². The van der Waals surface area contributed by atoms with Crippen molar-refractivity contribution in [1.29, 1.82) is 0 Å². The fraction of sp³-hybridized carbons (Fsp3) is 0.650. The van der Waals surface area contributed by atoms with Crippen molar-refractivity contribution in [2.75, 3.05) is 31.1 Å². The Bertz CT molecular complexity index is 541. The summed E-state index contributed by atoms with van der Waals surface area (Å²) in [5.41, 5.74) is 4.19. The van der Waals surface area contributed by atoms with Crippen molar-refractivity contribution >= 4 is 11.6 Å². The first-order valence-corrected chi connectivity index (χ1v) is 9.33. The maximum absolute atomic E-state index is 12.7. The molecule has 1 aromatic carbocycles. The number of nitrogens with zero attached hydrogens (tertiary/aromatic N) is 2. The minimum Gasteiger partial charge on any atom is -0.368 e. The second kappa shape index (κ2) is 7.37. The van der Waals surface area contributed by atoms with E-state index in [0.29, 0.717) is 11.8 Å². The topological polar surface area (TPSA) is 23.6 Å². The molecule has 0 unspecified atom stereocenters. The SMILES string of the molecule is CCc1cccc(C)c1N1CCN(C(=O)C2CCCCC2)CC1. The molecule has 3 heteroatoms. The second-order valence-corrected chi connectivity index (χ2v) is 7.08. The molecule has 0 bridgehead atoms. The maximum Gasteiger partial charge on any atom is 0.225 e. The predicted octanol–water partition coefficient (Wildman–Crippen LogP) is 3.79. The molecule has 0 atom stereocenters. The van der Waals surface area contributed by atoms with E-state index < -0.39 is 0 Å². The molecule has 1 aromatic rings. The van der Waals surface area contributed by atoms with Gasteiger partial charge in [0.25, 0.3) is 0 Å². The summed E-state index contributed by atoms with van der Waals surface area (Å²) >= 11 is 0. The van der Waals surface area contributed by atoms with Gasteiger partial charge < -0.3 is 9.80 Å². The normalized spacial score (nSPS) is 19.9. The van der Waals surface area contributed by atoms with Gasteiger partial charge in [-0.25, -0.2) is 0 Å². The van der Waals surface area contributed by atoms with Crippen molar-refractivity contribution in [3.63, 3.8) is 0 Å². The number of carbonyl (C=O) groups is 1. The molecule has 126 valence electrons. The van der Waals surface area contributed by atoms with Crippen LogP contribution in [-0.2, 0) is 11.2 Å². The standard InChI is InChI=1S/C20H30N2O/c1-3-17-11-7-8-16(2)19(17)21-12-14-22(15-13-21)20(23)18-9-5-4-6-10-18/h7-8,11,18H,3-6,9-10,12-15H2,1-2H3. The lowest BCUT2D eigenvalue weighted by atomic mass is 9.88. The van der Waals surface area contributed by atoms with E-state index in [4.69, 9.17) is 0 Å². The Hall–Kier alpha value is -1.51. The zero-order chi connectivity index (χ0) is 16.2. The smallest absolute Gasteiger partial charge is 0.225 e. The molecular formula is C20H30N2O. The van der Waals surface area contributed by atoms with Gasteiger partial charge in [0, 0.05) is 37.8 Å². The fourth-order valence-corrected chi connectivity index (χ4v) is 4.22. The predicted molar refractivity (Wildman–Crippen MR) is 95.9 cm³/mol. The number of piperazine rings is 1. The molecule has 1 aliphatic carbocycles. The van der Waals surface area contributed by atoms with Crippen LogP contribution in [0.5, 0.6) is 0 Å². The van der Waals surface area contributed by atoms with Crippen molar-refractivity contribution in [2.24, 2.45) is 5.92 Å². The van der Waals surface area contributed by atoms with E-state index in [0.717, 1.165) is 45.4 Å². The molecule has 1 saturated heterocycles. The molecule has 3 rings (SSSR count). The molecule has 1 amide bonds. The molecule has 0 aromatic heterocycles. The molecule has 2 fully saturated rings. The number of anilines is 1. The van der Waals surface area contributed by atoms with Crippen LogP contribution in [0.4, 0.5) is 5.69 Å². The summed E-state index contributed by atoms with van der Waals surface area (Å²) in [5, 5.41) is 0. The Labute approximate surface area is 140 Å². The third-order valence-corrected chi connectivity index (χ3v) is 5.56. The summed E-state index contributed by atoms with van der Waals surface area (Å²) < 4.78 is 0. The summed E-state index contributed by atoms with van der Waals surface area (Å²) in [6.07, 6.45) is 7.06. The third kappa shape index (κ3) is 3.54. The highest BCUT2D eigenvalue weighted by molar-refractivity contribution is 5.79. The molecule has 23 heavy (non-hydrogen) atoms. The lowest BCUT2D eigenvalue weighted by Crippen LogP contribution is -2.51. The van der Waals surface area contributed by atoms with E-state index in [1.165, 1.54) is 36.1 Å². The van der Waals surface area contributed by atoms with Gasteiger partial charge in [-0.3, -0.25) is 4.79 Å². The van der Waals surface area contributed by atoms with E-state index in [9.17, 15) is 4.79 Å². The van der Waals surface area contributed by atoms with Crippen LogP contribution in [0.15, 0.2) is 18.2 Å². The number of carbonyl (C=O) groups excluding carboxylic acids is 1. The lowest BCUT2D eigenvalue weighted by molar-refractivity contribution is -0.136. The number of para-hydroxylation sites is 1. The number of benzene rings is 1. The Morgan fingerprint density at radius 2 is 1.78 bits per heavy atom. The molecular weight excluding hydrogens is 284 g/mol. The van der Waals surface area contributed by atoms with Crippen LogP contribution in [0.25, 0.3) is 0 Å². The van der Waals surface area contributed by atoms with Crippen molar-refractivity contribution in [3.05, 3.63) is 29.3 Å². The summed E-state index contributed by atoms with van der Waals surface area (Å²) in [4.78, 5) is 17.3. The number of amides is 1. The van der Waals surface area contributed by atoms with Crippen LogP contribution >= 0.6 is 0 Å². The maximum atomic E-state index is 12.7. The molecule has 0 radical (unpaired) electrons. The summed E-state index contributed by atoms with van der Waals surface area (Å²) in [6.45, 7) is 8.13. The molecule has 3 nitrogen and oxygen atoms in total. The number of hydrogen-bond acceptors (Lipinski definition) is 2. The van der Waals surface area contributed by atoms with Gasteiger partial charge in [0.15, 0.2) is 0 Å². The van der Waals surface area contributed by atoms with E-state index in [2.05, 4.69) is 41.8 Å². The van der Waals surface area contributed by atoms with Crippen LogP contribution in [0.1, 0.15) is 50.2 Å². The average molecular weight is 314 g/mol. The van der Waals surface area contributed by atoms with Crippen molar-refractivity contribution in [3.8, 4) is 0 Å². The van der Waals surface area contributed by atoms with Crippen molar-refractivity contribution < 1.29 is 4.79 Å². The molecule has 2 aliphatic rings. The summed E-state index contributed by atoms with van der Waals surface area (Å²) in [5.74, 6) is 0.727. The van der Waals surface area contributed by atoms with Gasteiger partial charge in [-0.05, 0) is 37.3 Å². The van der Waals surface area contributed by atoms with Crippen LogP contribution in [0, 0.1) is 12.8 Å². The Morgan fingerprint density at radius 3 is 2.43 bits per heavy atom. The minimum atomic E-state index is 0.306. The van der Waals surface area contributed by atoms with Gasteiger partial charge in [-0.1, -0.05) is 44.4 Å². The highest BCUT2D eigenvalue weighted by Crippen LogP contribution is 2.29. The monoisotopic (exact) mass is 314 g/mol. The summed E-state index contributed by atoms with van der Waals surface area (Å²) in [7, 11) is 0. The Kier molecular flexibility index (Phi) is 5.24.